The van der Waals surface area contributed by atoms with E-state index in [9.17, 15) is 4.79 Å². The molecule has 2 N–H and O–H groups in total. The smallest absolute Gasteiger partial charge is 0.255 e. The van der Waals surface area contributed by atoms with Gasteiger partial charge in [0.1, 0.15) is 18.4 Å². The van der Waals surface area contributed by atoms with Gasteiger partial charge in [-0.05, 0) is 52.7 Å². The van der Waals surface area contributed by atoms with E-state index in [1.807, 2.05) is 61.5 Å². The van der Waals surface area contributed by atoms with Gasteiger partial charge in [-0.15, -0.1) is 0 Å². The van der Waals surface area contributed by atoms with E-state index in [4.69, 9.17) is 4.74 Å². The largest absolute Gasteiger partial charge is 0.489 e. The van der Waals surface area contributed by atoms with E-state index in [-0.39, 0.29) is 5.91 Å². The van der Waals surface area contributed by atoms with Gasteiger partial charge < -0.3 is 15.4 Å². The number of hydrogen-bond donors (Lipinski definition) is 2. The maximum Gasteiger partial charge on any atom is 0.255 e. The van der Waals surface area contributed by atoms with Gasteiger partial charge in [-0.25, -0.2) is 0 Å². The van der Waals surface area contributed by atoms with Crippen LogP contribution in [-0.4, -0.2) is 31.1 Å². The molecule has 0 radical (unpaired) electrons. The molecule has 1 atom stereocenters. The van der Waals surface area contributed by atoms with Crippen molar-refractivity contribution in [3.8, 4) is 5.75 Å². The highest BCUT2D eigenvalue weighted by molar-refractivity contribution is 6.05. The number of pyridine rings is 1. The Morgan fingerprint density at radius 2 is 1.91 bits per heavy atom. The Hall–Kier alpha value is -4.53. The highest BCUT2D eigenvalue weighted by atomic mass is 16.5. The number of aromatic nitrogens is 5. The number of nitrogens with one attached hydrogen (secondary N) is 2. The number of benzene rings is 2. The van der Waals surface area contributed by atoms with Crippen molar-refractivity contribution in [2.24, 2.45) is 0 Å². The first-order valence-electron chi connectivity index (χ1n) is 10.4. The monoisotopic (exact) mass is 439 g/mol. The number of tetrazole rings is 1. The summed E-state index contributed by atoms with van der Waals surface area (Å²) < 4.78 is 7.51. The van der Waals surface area contributed by atoms with Crippen LogP contribution in [0.4, 0.5) is 11.6 Å². The average Bonchev–Trinajstić information content (AvgIpc) is 3.31. The van der Waals surface area contributed by atoms with Crippen LogP contribution in [0.2, 0.25) is 0 Å². The van der Waals surface area contributed by atoms with Crippen LogP contribution in [0, 0.1) is 0 Å². The van der Waals surface area contributed by atoms with Gasteiger partial charge in [-0.2, -0.15) is 4.68 Å². The Morgan fingerprint density at radius 1 is 1.09 bits per heavy atom. The van der Waals surface area contributed by atoms with Gasteiger partial charge in [0, 0.05) is 11.9 Å². The van der Waals surface area contributed by atoms with E-state index in [0.29, 0.717) is 29.5 Å². The van der Waals surface area contributed by atoms with Crippen LogP contribution < -0.4 is 15.4 Å². The van der Waals surface area contributed by atoms with Gasteiger partial charge in [0.15, 0.2) is 0 Å². The molecule has 2 aromatic carbocycles. The summed E-state index contributed by atoms with van der Waals surface area (Å²) >= 11 is 0. The molecule has 1 aliphatic heterocycles. The standard InChI is InChI=1S/C24H21N7O2/c1-16-21(23(32)27-19-8-5-13-25-14-19)22(31-24(26-16)28-29-30-31)18-9-11-20(12-10-18)33-15-17-6-3-2-4-7-17/h2-14,22H,15H2,1H3,(H,27,32)(H,26,28,30). The number of rotatable bonds is 6. The Kier molecular flexibility index (Phi) is 5.50. The van der Waals surface area contributed by atoms with Crippen LogP contribution in [0.25, 0.3) is 0 Å². The fourth-order valence-corrected chi connectivity index (χ4v) is 3.74. The molecular formula is C24H21N7O2. The van der Waals surface area contributed by atoms with Crippen LogP contribution in [0.1, 0.15) is 24.1 Å². The second-order valence-electron chi connectivity index (χ2n) is 7.55. The second-order valence-corrected chi connectivity index (χ2v) is 7.55. The number of fused-ring (bicyclic) bond motifs is 1. The van der Waals surface area contributed by atoms with Crippen LogP contribution in [-0.2, 0) is 11.4 Å². The quantitative estimate of drug-likeness (QED) is 0.473. The molecule has 0 fully saturated rings. The van der Waals surface area contributed by atoms with Crippen molar-refractivity contribution in [1.82, 2.24) is 25.2 Å². The zero-order valence-corrected chi connectivity index (χ0v) is 17.8. The summed E-state index contributed by atoms with van der Waals surface area (Å²) in [6.45, 7) is 2.31. The van der Waals surface area contributed by atoms with Crippen LogP contribution in [0.3, 0.4) is 0 Å². The Bertz CT molecular complexity index is 1290. The van der Waals surface area contributed by atoms with Gasteiger partial charge in [-0.1, -0.05) is 47.6 Å². The molecule has 0 aliphatic carbocycles. The molecule has 0 saturated heterocycles. The number of hydrogen-bond acceptors (Lipinski definition) is 7. The van der Waals surface area contributed by atoms with Gasteiger partial charge in [0.25, 0.3) is 5.91 Å². The zero-order valence-electron chi connectivity index (χ0n) is 17.8. The first kappa shape index (κ1) is 20.4. The molecule has 1 amide bonds. The van der Waals surface area contributed by atoms with Crippen molar-refractivity contribution in [3.63, 3.8) is 0 Å². The molecule has 4 aromatic rings. The van der Waals surface area contributed by atoms with Crippen LogP contribution in [0.15, 0.2) is 90.4 Å². The Balaban J connectivity index is 1.42. The molecule has 9 nitrogen and oxygen atoms in total. The predicted molar refractivity (Wildman–Crippen MR) is 122 cm³/mol. The van der Waals surface area contributed by atoms with Gasteiger partial charge in [-0.3, -0.25) is 9.78 Å². The third-order valence-corrected chi connectivity index (χ3v) is 5.32. The fourth-order valence-electron chi connectivity index (χ4n) is 3.74. The molecule has 0 saturated carbocycles. The van der Waals surface area contributed by atoms with E-state index in [2.05, 4.69) is 31.1 Å². The molecule has 3 heterocycles. The minimum absolute atomic E-state index is 0.261. The van der Waals surface area contributed by atoms with Crippen molar-refractivity contribution in [2.75, 3.05) is 10.6 Å². The molecule has 9 heteroatoms. The van der Waals surface area contributed by atoms with Crippen molar-refractivity contribution in [2.45, 2.75) is 19.6 Å². The zero-order chi connectivity index (χ0) is 22.6. The number of allylic oxidation sites excluding steroid dienone is 1. The summed E-state index contributed by atoms with van der Waals surface area (Å²) in [5.41, 5.74) is 3.73. The SMILES string of the molecule is CC1=C(C(=O)Nc2cccnc2)C(c2ccc(OCc3ccccc3)cc2)n2nnnc2N1. The average molecular weight is 439 g/mol. The summed E-state index contributed by atoms with van der Waals surface area (Å²) in [5, 5.41) is 18.0. The van der Waals surface area contributed by atoms with E-state index >= 15 is 0 Å². The van der Waals surface area contributed by atoms with Crippen molar-refractivity contribution < 1.29 is 9.53 Å². The van der Waals surface area contributed by atoms with Gasteiger partial charge in [0.05, 0.1) is 17.5 Å². The lowest BCUT2D eigenvalue weighted by atomic mass is 9.95. The van der Waals surface area contributed by atoms with Crippen LogP contribution >= 0.6 is 0 Å². The summed E-state index contributed by atoms with van der Waals surface area (Å²) in [6, 6.07) is 20.6. The minimum Gasteiger partial charge on any atom is -0.489 e. The molecule has 0 bridgehead atoms. The van der Waals surface area contributed by atoms with Crippen molar-refractivity contribution in [1.29, 1.82) is 0 Å². The minimum atomic E-state index is -0.504. The first-order valence-corrected chi connectivity index (χ1v) is 10.4. The number of nitrogens with zero attached hydrogens (tertiary/aromatic N) is 5. The van der Waals surface area contributed by atoms with E-state index in [1.165, 1.54) is 0 Å². The summed E-state index contributed by atoms with van der Waals surface area (Å²) in [4.78, 5) is 17.3. The normalized spacial score (nSPS) is 14.9. The van der Waals surface area contributed by atoms with Gasteiger partial charge >= 0.3 is 0 Å². The highest BCUT2D eigenvalue weighted by Crippen LogP contribution is 2.35. The lowest BCUT2D eigenvalue weighted by Gasteiger charge is -2.28. The topological polar surface area (TPSA) is 107 Å². The molecule has 5 rings (SSSR count). The lowest BCUT2D eigenvalue weighted by Crippen LogP contribution is -2.31. The van der Waals surface area contributed by atoms with Crippen molar-refractivity contribution >= 4 is 17.5 Å². The van der Waals surface area contributed by atoms with Gasteiger partial charge in [0.2, 0.25) is 5.95 Å². The molecule has 33 heavy (non-hydrogen) atoms. The Labute approximate surface area is 190 Å². The predicted octanol–water partition coefficient (Wildman–Crippen LogP) is 3.57. The van der Waals surface area contributed by atoms with E-state index < -0.39 is 6.04 Å². The molecule has 1 aliphatic rings. The molecular weight excluding hydrogens is 418 g/mol. The third-order valence-electron chi connectivity index (χ3n) is 5.32. The van der Waals surface area contributed by atoms with Crippen LogP contribution in [0.5, 0.6) is 5.75 Å². The summed E-state index contributed by atoms with van der Waals surface area (Å²) in [7, 11) is 0. The number of amides is 1. The third kappa shape index (κ3) is 4.29. The molecule has 164 valence electrons. The van der Waals surface area contributed by atoms with Crippen molar-refractivity contribution in [3.05, 3.63) is 102 Å². The molecule has 0 spiro atoms. The molecule has 2 aromatic heterocycles. The van der Waals surface area contributed by atoms with E-state index in [0.717, 1.165) is 16.9 Å². The number of anilines is 2. The van der Waals surface area contributed by atoms with E-state index in [1.54, 1.807) is 29.2 Å². The fraction of sp³-hybridized carbons (Fsp3) is 0.125. The Morgan fingerprint density at radius 3 is 2.67 bits per heavy atom. The molecule has 1 unspecified atom stereocenters. The first-order chi connectivity index (χ1) is 16.2. The summed E-state index contributed by atoms with van der Waals surface area (Å²) in [6.07, 6.45) is 3.25. The number of carbonyl (C=O) groups excluding carboxylic acids is 1. The number of carbonyl (C=O) groups is 1. The summed E-state index contributed by atoms with van der Waals surface area (Å²) in [5.74, 6) is 0.943. The maximum absolute atomic E-state index is 13.3. The number of ether oxygens (including phenoxy) is 1. The second kappa shape index (κ2) is 8.91. The highest BCUT2D eigenvalue weighted by Gasteiger charge is 2.34. The maximum atomic E-state index is 13.3. The lowest BCUT2D eigenvalue weighted by molar-refractivity contribution is -0.113.